The molecule has 1 aliphatic rings. The molecule has 1 aromatic heterocycles. The second-order valence-corrected chi connectivity index (χ2v) is 6.55. The first kappa shape index (κ1) is 15.3. The number of carbonyl (C=O) groups excluding carboxylic acids is 1. The van der Waals surface area contributed by atoms with Crippen LogP contribution in [0.5, 0.6) is 0 Å². The molecule has 1 aromatic carbocycles. The highest BCUT2D eigenvalue weighted by Gasteiger charge is 2.54. The van der Waals surface area contributed by atoms with Crippen LogP contribution in [0.2, 0.25) is 0 Å². The highest BCUT2D eigenvalue weighted by molar-refractivity contribution is 7.20. The zero-order valence-corrected chi connectivity index (χ0v) is 12.4. The predicted octanol–water partition coefficient (Wildman–Crippen LogP) is 3.43. The summed E-state index contributed by atoms with van der Waals surface area (Å²) >= 11 is 1.33. The monoisotopic (exact) mass is 329 g/mol. The van der Waals surface area contributed by atoms with Gasteiger partial charge in [-0.25, -0.2) is 0 Å². The number of piperidine rings is 1. The molecular weight excluding hydrogens is 315 g/mol. The number of rotatable bonds is 1. The molecule has 0 unspecified atom stereocenters. The number of alkyl halides is 3. The highest BCUT2D eigenvalue weighted by Crippen LogP contribution is 2.38. The quantitative estimate of drug-likeness (QED) is 0.871. The van der Waals surface area contributed by atoms with Crippen molar-refractivity contribution in [3.63, 3.8) is 0 Å². The van der Waals surface area contributed by atoms with Crippen LogP contribution < -0.4 is 0 Å². The SMILES string of the molecule is O=C(c1cc2ccccc2s1)N1CCC(O)(C(F)(F)F)CC1. The van der Waals surface area contributed by atoms with Gasteiger partial charge in [0.2, 0.25) is 0 Å². The van der Waals surface area contributed by atoms with E-state index in [4.69, 9.17) is 0 Å². The van der Waals surface area contributed by atoms with Crippen LogP contribution in [0.4, 0.5) is 13.2 Å². The van der Waals surface area contributed by atoms with E-state index in [1.165, 1.54) is 16.2 Å². The van der Waals surface area contributed by atoms with Gasteiger partial charge in [0.05, 0.1) is 4.88 Å². The molecule has 1 saturated heterocycles. The number of aliphatic hydroxyl groups is 1. The van der Waals surface area contributed by atoms with Gasteiger partial charge in [-0.05, 0) is 17.5 Å². The van der Waals surface area contributed by atoms with Gasteiger partial charge in [-0.3, -0.25) is 4.79 Å². The van der Waals surface area contributed by atoms with Crippen molar-refractivity contribution in [3.8, 4) is 0 Å². The summed E-state index contributed by atoms with van der Waals surface area (Å²) in [6.07, 6.45) is -5.61. The third-order valence-electron chi connectivity index (χ3n) is 4.04. The number of carbonyl (C=O) groups is 1. The zero-order valence-electron chi connectivity index (χ0n) is 11.6. The summed E-state index contributed by atoms with van der Waals surface area (Å²) in [5, 5.41) is 10.6. The Balaban J connectivity index is 1.75. The summed E-state index contributed by atoms with van der Waals surface area (Å²) in [7, 11) is 0. The van der Waals surface area contributed by atoms with Gasteiger partial charge in [0, 0.05) is 30.6 Å². The summed E-state index contributed by atoms with van der Waals surface area (Å²) < 4.78 is 39.3. The lowest BCUT2D eigenvalue weighted by Crippen LogP contribution is -2.54. The standard InChI is InChI=1S/C15H14F3NO2S/c16-15(17,18)14(21)5-7-19(8-6-14)13(20)12-9-10-3-1-2-4-11(10)22-12/h1-4,9,21H,5-8H2. The number of hydrogen-bond donors (Lipinski definition) is 1. The first-order chi connectivity index (χ1) is 10.3. The van der Waals surface area contributed by atoms with Crippen molar-refractivity contribution in [2.45, 2.75) is 24.6 Å². The van der Waals surface area contributed by atoms with Gasteiger partial charge in [0.1, 0.15) is 0 Å². The van der Waals surface area contributed by atoms with Gasteiger partial charge in [-0.15, -0.1) is 11.3 Å². The van der Waals surface area contributed by atoms with E-state index in [1.54, 1.807) is 6.07 Å². The number of nitrogens with zero attached hydrogens (tertiary/aromatic N) is 1. The minimum Gasteiger partial charge on any atom is -0.380 e. The topological polar surface area (TPSA) is 40.5 Å². The zero-order chi connectivity index (χ0) is 16.0. The molecule has 2 heterocycles. The number of amides is 1. The molecule has 0 saturated carbocycles. The summed E-state index contributed by atoms with van der Waals surface area (Å²) in [5.74, 6) is -0.273. The van der Waals surface area contributed by atoms with Crippen LogP contribution in [0.15, 0.2) is 30.3 Å². The van der Waals surface area contributed by atoms with Gasteiger partial charge in [-0.1, -0.05) is 18.2 Å². The Morgan fingerprint density at radius 3 is 2.45 bits per heavy atom. The number of benzene rings is 1. The van der Waals surface area contributed by atoms with Gasteiger partial charge in [-0.2, -0.15) is 13.2 Å². The maximum Gasteiger partial charge on any atom is 0.417 e. The van der Waals surface area contributed by atoms with Crippen LogP contribution in [0.1, 0.15) is 22.5 Å². The van der Waals surface area contributed by atoms with Gasteiger partial charge in [0.25, 0.3) is 5.91 Å². The first-order valence-corrected chi connectivity index (χ1v) is 7.69. The average molecular weight is 329 g/mol. The number of halogens is 3. The Kier molecular flexibility index (Phi) is 3.65. The molecule has 0 bridgehead atoms. The molecule has 118 valence electrons. The van der Waals surface area contributed by atoms with Crippen molar-refractivity contribution in [2.24, 2.45) is 0 Å². The maximum absolute atomic E-state index is 12.8. The lowest BCUT2D eigenvalue weighted by molar-refractivity contribution is -0.271. The second kappa shape index (κ2) is 5.24. The normalized spacial score (nSPS) is 18.6. The van der Waals surface area contributed by atoms with E-state index in [9.17, 15) is 23.1 Å². The van der Waals surface area contributed by atoms with Crippen LogP contribution in [0.3, 0.4) is 0 Å². The summed E-state index contributed by atoms with van der Waals surface area (Å²) in [6, 6.07) is 9.29. The Hall–Kier alpha value is -1.60. The number of likely N-dealkylation sites (tertiary alicyclic amines) is 1. The maximum atomic E-state index is 12.8. The van der Waals surface area contributed by atoms with E-state index >= 15 is 0 Å². The summed E-state index contributed by atoms with van der Waals surface area (Å²) in [5.41, 5.74) is -2.68. The molecule has 1 amide bonds. The summed E-state index contributed by atoms with van der Waals surface area (Å²) in [6.45, 7) is -0.188. The van der Waals surface area contributed by atoms with Gasteiger partial charge < -0.3 is 10.0 Å². The van der Waals surface area contributed by atoms with E-state index in [2.05, 4.69) is 0 Å². The fourth-order valence-electron chi connectivity index (χ4n) is 2.61. The van der Waals surface area contributed by atoms with Gasteiger partial charge in [0.15, 0.2) is 5.60 Å². The second-order valence-electron chi connectivity index (χ2n) is 5.47. The Bertz CT molecular complexity index is 669. The van der Waals surface area contributed by atoms with Crippen LogP contribution >= 0.6 is 11.3 Å². The first-order valence-electron chi connectivity index (χ1n) is 6.87. The molecule has 0 atom stereocenters. The lowest BCUT2D eigenvalue weighted by atomic mass is 9.91. The van der Waals surface area contributed by atoms with Crippen molar-refractivity contribution < 1.29 is 23.1 Å². The minimum absolute atomic E-state index is 0.0942. The molecule has 0 radical (unpaired) electrons. The van der Waals surface area contributed by atoms with E-state index in [-0.39, 0.29) is 19.0 Å². The predicted molar refractivity (Wildman–Crippen MR) is 78.0 cm³/mol. The van der Waals surface area contributed by atoms with Crippen LogP contribution in [0.25, 0.3) is 10.1 Å². The molecule has 1 N–H and O–H groups in total. The largest absolute Gasteiger partial charge is 0.417 e. The molecule has 7 heteroatoms. The Morgan fingerprint density at radius 2 is 1.86 bits per heavy atom. The minimum atomic E-state index is -4.65. The Labute approximate surface area is 129 Å². The van der Waals surface area contributed by atoms with Crippen LogP contribution in [-0.4, -0.2) is 40.8 Å². The number of thiophene rings is 1. The molecule has 1 aliphatic heterocycles. The Morgan fingerprint density at radius 1 is 1.23 bits per heavy atom. The van der Waals surface area contributed by atoms with Crippen molar-refractivity contribution in [1.82, 2.24) is 4.90 Å². The van der Waals surface area contributed by atoms with E-state index in [0.29, 0.717) is 4.88 Å². The van der Waals surface area contributed by atoms with Crippen molar-refractivity contribution in [3.05, 3.63) is 35.2 Å². The molecule has 1 fully saturated rings. The molecule has 3 nitrogen and oxygen atoms in total. The fraction of sp³-hybridized carbons (Fsp3) is 0.400. The third kappa shape index (κ3) is 2.59. The fourth-order valence-corrected chi connectivity index (χ4v) is 3.64. The summed E-state index contributed by atoms with van der Waals surface area (Å²) in [4.78, 5) is 14.3. The lowest BCUT2D eigenvalue weighted by Gasteiger charge is -2.38. The van der Waals surface area contributed by atoms with Crippen molar-refractivity contribution >= 4 is 27.3 Å². The molecule has 0 aliphatic carbocycles. The molecule has 0 spiro atoms. The van der Waals surface area contributed by atoms with Crippen LogP contribution in [0, 0.1) is 0 Å². The van der Waals surface area contributed by atoms with Gasteiger partial charge >= 0.3 is 6.18 Å². The number of hydrogen-bond acceptors (Lipinski definition) is 3. The smallest absolute Gasteiger partial charge is 0.380 e. The van der Waals surface area contributed by atoms with Crippen LogP contribution in [-0.2, 0) is 0 Å². The molecular formula is C15H14F3NO2S. The average Bonchev–Trinajstić information content (AvgIpc) is 2.90. The van der Waals surface area contributed by atoms with E-state index in [0.717, 1.165) is 10.1 Å². The highest BCUT2D eigenvalue weighted by atomic mass is 32.1. The van der Waals surface area contributed by atoms with E-state index < -0.39 is 24.6 Å². The molecule has 22 heavy (non-hydrogen) atoms. The molecule has 3 rings (SSSR count). The van der Waals surface area contributed by atoms with Crippen molar-refractivity contribution in [1.29, 1.82) is 0 Å². The number of fused-ring (bicyclic) bond motifs is 1. The van der Waals surface area contributed by atoms with Crippen molar-refractivity contribution in [2.75, 3.05) is 13.1 Å². The van der Waals surface area contributed by atoms with E-state index in [1.807, 2.05) is 24.3 Å². The third-order valence-corrected chi connectivity index (χ3v) is 5.15. The molecule has 2 aromatic rings.